The molecule has 0 saturated carbocycles. The Morgan fingerprint density at radius 2 is 1.70 bits per heavy atom. The largest absolute Gasteiger partial charge is 1.00 e. The summed E-state index contributed by atoms with van der Waals surface area (Å²) in [6.45, 7) is 0.443. The molecule has 0 aliphatic heterocycles. The number of phenols is 1. The van der Waals surface area contributed by atoms with E-state index >= 15 is 0 Å². The average Bonchev–Trinajstić information content (AvgIpc) is 2.55. The van der Waals surface area contributed by atoms with Crippen LogP contribution in [0.3, 0.4) is 0 Å². The first-order valence-electron chi connectivity index (χ1n) is 6.94. The van der Waals surface area contributed by atoms with Crippen LogP contribution in [0.4, 0.5) is 17.5 Å². The SMILES string of the molecule is OCCNc1nc(Nc2ccc(O)cc2)nc2ccccc12.[Cl-]. The van der Waals surface area contributed by atoms with Gasteiger partial charge in [0.05, 0.1) is 12.1 Å². The highest BCUT2D eigenvalue weighted by atomic mass is 35.5. The lowest BCUT2D eigenvalue weighted by Crippen LogP contribution is -3.00. The predicted octanol–water partition coefficient (Wildman–Crippen LogP) is -0.513. The van der Waals surface area contributed by atoms with Crippen LogP contribution in [-0.4, -0.2) is 33.3 Å². The van der Waals surface area contributed by atoms with Gasteiger partial charge in [-0.05, 0) is 36.4 Å². The molecule has 3 aromatic rings. The summed E-state index contributed by atoms with van der Waals surface area (Å²) in [7, 11) is 0. The van der Waals surface area contributed by atoms with E-state index in [2.05, 4.69) is 20.6 Å². The minimum atomic E-state index is 0. The van der Waals surface area contributed by atoms with E-state index in [1.165, 1.54) is 0 Å². The van der Waals surface area contributed by atoms with E-state index in [-0.39, 0.29) is 24.8 Å². The Balaban J connectivity index is 0.00000192. The fraction of sp³-hybridized carbons (Fsp3) is 0.125. The van der Waals surface area contributed by atoms with Crippen molar-refractivity contribution in [3.63, 3.8) is 0 Å². The zero-order valence-corrected chi connectivity index (χ0v) is 13.0. The number of hydrogen-bond donors (Lipinski definition) is 4. The lowest BCUT2D eigenvalue weighted by Gasteiger charge is -2.11. The summed E-state index contributed by atoms with van der Waals surface area (Å²) >= 11 is 0. The second kappa shape index (κ2) is 7.62. The van der Waals surface area contributed by atoms with Gasteiger partial charge in [-0.25, -0.2) is 4.98 Å². The van der Waals surface area contributed by atoms with Crippen molar-refractivity contribution in [2.24, 2.45) is 0 Å². The maximum atomic E-state index is 9.31. The number of halogens is 1. The van der Waals surface area contributed by atoms with Gasteiger partial charge in [0.25, 0.3) is 0 Å². The topological polar surface area (TPSA) is 90.3 Å². The van der Waals surface area contributed by atoms with Crippen LogP contribution < -0.4 is 23.0 Å². The number of hydrogen-bond acceptors (Lipinski definition) is 6. The Kier molecular flexibility index (Phi) is 5.56. The number of para-hydroxylation sites is 1. The van der Waals surface area contributed by atoms with Crippen LogP contribution in [0, 0.1) is 0 Å². The summed E-state index contributed by atoms with van der Waals surface area (Å²) in [6.07, 6.45) is 0. The van der Waals surface area contributed by atoms with Crippen LogP contribution in [0.15, 0.2) is 48.5 Å². The molecule has 23 heavy (non-hydrogen) atoms. The lowest BCUT2D eigenvalue weighted by molar-refractivity contribution is -0.00000660. The molecule has 120 valence electrons. The monoisotopic (exact) mass is 331 g/mol. The van der Waals surface area contributed by atoms with Crippen LogP contribution in [0.2, 0.25) is 0 Å². The maximum Gasteiger partial charge on any atom is 0.229 e. The Labute approximate surface area is 139 Å². The van der Waals surface area contributed by atoms with Crippen LogP contribution in [0.5, 0.6) is 5.75 Å². The van der Waals surface area contributed by atoms with E-state index in [0.717, 1.165) is 16.6 Å². The van der Waals surface area contributed by atoms with Crippen LogP contribution in [0.1, 0.15) is 0 Å². The van der Waals surface area contributed by atoms with E-state index in [4.69, 9.17) is 5.11 Å². The van der Waals surface area contributed by atoms with Crippen molar-refractivity contribution in [3.05, 3.63) is 48.5 Å². The first kappa shape index (κ1) is 16.8. The number of aromatic hydroxyl groups is 1. The zero-order chi connectivity index (χ0) is 15.4. The van der Waals surface area contributed by atoms with Crippen LogP contribution in [-0.2, 0) is 0 Å². The van der Waals surface area contributed by atoms with Gasteiger partial charge >= 0.3 is 0 Å². The first-order valence-corrected chi connectivity index (χ1v) is 6.94. The van der Waals surface area contributed by atoms with E-state index in [9.17, 15) is 5.11 Å². The molecule has 0 saturated heterocycles. The molecule has 0 radical (unpaired) electrons. The molecule has 0 atom stereocenters. The van der Waals surface area contributed by atoms with Crippen molar-refractivity contribution in [3.8, 4) is 5.75 Å². The van der Waals surface area contributed by atoms with Gasteiger partial charge in [0.2, 0.25) is 5.95 Å². The molecule has 0 aliphatic carbocycles. The number of fused-ring (bicyclic) bond motifs is 1. The Bertz CT molecular complexity index is 781. The first-order chi connectivity index (χ1) is 10.8. The summed E-state index contributed by atoms with van der Waals surface area (Å²) in [5, 5.41) is 25.4. The van der Waals surface area contributed by atoms with Crippen molar-refractivity contribution in [2.75, 3.05) is 23.8 Å². The fourth-order valence-corrected chi connectivity index (χ4v) is 2.12. The molecule has 0 amide bonds. The van der Waals surface area contributed by atoms with Gasteiger partial charge < -0.3 is 33.3 Å². The molecule has 2 aromatic carbocycles. The van der Waals surface area contributed by atoms with E-state index in [1.807, 2.05) is 24.3 Å². The van der Waals surface area contributed by atoms with Crippen LogP contribution >= 0.6 is 0 Å². The molecular formula is C16H16ClN4O2-. The Morgan fingerprint density at radius 3 is 2.43 bits per heavy atom. The number of aliphatic hydroxyl groups excluding tert-OH is 1. The third-order valence-corrected chi connectivity index (χ3v) is 3.13. The molecule has 3 rings (SSSR count). The molecule has 0 fully saturated rings. The van der Waals surface area contributed by atoms with Crippen LogP contribution in [0.25, 0.3) is 10.9 Å². The number of rotatable bonds is 5. The average molecular weight is 332 g/mol. The number of aromatic nitrogens is 2. The molecule has 0 spiro atoms. The molecule has 0 aliphatic rings. The molecular weight excluding hydrogens is 316 g/mol. The van der Waals surface area contributed by atoms with Crippen molar-refractivity contribution in [2.45, 2.75) is 0 Å². The minimum absolute atomic E-state index is 0. The minimum Gasteiger partial charge on any atom is -1.00 e. The molecule has 6 nitrogen and oxygen atoms in total. The summed E-state index contributed by atoms with van der Waals surface area (Å²) in [5.74, 6) is 1.32. The van der Waals surface area contributed by atoms with Crippen molar-refractivity contribution < 1.29 is 22.6 Å². The van der Waals surface area contributed by atoms with Crippen molar-refractivity contribution in [1.82, 2.24) is 9.97 Å². The molecule has 7 heteroatoms. The number of anilines is 3. The second-order valence-electron chi connectivity index (χ2n) is 4.74. The van der Waals surface area contributed by atoms with Gasteiger partial charge in [0.15, 0.2) is 0 Å². The smallest absolute Gasteiger partial charge is 0.229 e. The number of nitrogens with one attached hydrogen (secondary N) is 2. The normalized spacial score (nSPS) is 10.1. The third-order valence-electron chi connectivity index (χ3n) is 3.13. The second-order valence-corrected chi connectivity index (χ2v) is 4.74. The highest BCUT2D eigenvalue weighted by Gasteiger charge is 2.07. The van der Waals surface area contributed by atoms with Crippen molar-refractivity contribution >= 4 is 28.4 Å². The van der Waals surface area contributed by atoms with E-state index < -0.39 is 0 Å². The Morgan fingerprint density at radius 1 is 0.957 bits per heavy atom. The van der Waals surface area contributed by atoms with Gasteiger partial charge in [-0.2, -0.15) is 4.98 Å². The summed E-state index contributed by atoms with van der Waals surface area (Å²) in [4.78, 5) is 8.92. The molecule has 0 bridgehead atoms. The number of nitrogens with zero attached hydrogens (tertiary/aromatic N) is 2. The number of aliphatic hydroxyl groups is 1. The predicted molar refractivity (Wildman–Crippen MR) is 86.5 cm³/mol. The zero-order valence-electron chi connectivity index (χ0n) is 12.2. The summed E-state index contributed by atoms with van der Waals surface area (Å²) < 4.78 is 0. The lowest BCUT2D eigenvalue weighted by atomic mass is 10.2. The molecule has 4 N–H and O–H groups in total. The van der Waals surface area contributed by atoms with Gasteiger partial charge in [-0.1, -0.05) is 12.1 Å². The quantitative estimate of drug-likeness (QED) is 0.471. The molecule has 1 heterocycles. The van der Waals surface area contributed by atoms with E-state index in [1.54, 1.807) is 24.3 Å². The number of benzene rings is 2. The Hall–Kier alpha value is -2.57. The van der Waals surface area contributed by atoms with Gasteiger partial charge in [0, 0.05) is 17.6 Å². The molecule has 1 aromatic heterocycles. The van der Waals surface area contributed by atoms with Crippen molar-refractivity contribution in [1.29, 1.82) is 0 Å². The van der Waals surface area contributed by atoms with Gasteiger partial charge in [0.1, 0.15) is 11.6 Å². The standard InChI is InChI=1S/C16H16N4O2.ClH/c21-10-9-17-15-13-3-1-2-4-14(13)19-16(20-15)18-11-5-7-12(22)8-6-11;/h1-8,21-22H,9-10H2,(H2,17,18,19,20);1H/p-1. The third kappa shape index (κ3) is 4.00. The van der Waals surface area contributed by atoms with Gasteiger partial charge in [-0.15, -0.1) is 0 Å². The summed E-state index contributed by atoms with van der Waals surface area (Å²) in [5.41, 5.74) is 1.58. The molecule has 0 unspecified atom stereocenters. The highest BCUT2D eigenvalue weighted by molar-refractivity contribution is 5.90. The van der Waals surface area contributed by atoms with Gasteiger partial charge in [-0.3, -0.25) is 0 Å². The summed E-state index contributed by atoms with van der Waals surface area (Å²) in [6, 6.07) is 14.3. The maximum absolute atomic E-state index is 9.31. The number of phenolic OH excluding ortho intramolecular Hbond substituents is 1. The highest BCUT2D eigenvalue weighted by Crippen LogP contribution is 2.24. The fourth-order valence-electron chi connectivity index (χ4n) is 2.12. The van der Waals surface area contributed by atoms with E-state index in [0.29, 0.717) is 18.3 Å².